The Kier molecular flexibility index (Phi) is 2.61. The van der Waals surface area contributed by atoms with Crippen LogP contribution in [-0.4, -0.2) is 6.29 Å². The maximum absolute atomic E-state index is 10.9. The zero-order chi connectivity index (χ0) is 10.1. The van der Waals surface area contributed by atoms with Crippen molar-refractivity contribution in [2.45, 2.75) is 18.2 Å². The van der Waals surface area contributed by atoms with E-state index in [0.717, 1.165) is 33.3 Å². The second kappa shape index (κ2) is 3.75. The van der Waals surface area contributed by atoms with Gasteiger partial charge in [-0.25, -0.2) is 0 Å². The molecule has 72 valence electrons. The molecular weight excluding hydrogens is 212 g/mol. The average Bonchev–Trinajstić information content (AvgIpc) is 2.63. The normalized spacial score (nSPS) is 10.7. The van der Waals surface area contributed by atoms with E-state index in [1.54, 1.807) is 11.3 Å². The minimum atomic E-state index is 0.774. The van der Waals surface area contributed by atoms with Crippen LogP contribution >= 0.6 is 24.0 Å². The first-order valence-electron chi connectivity index (χ1n) is 4.45. The summed E-state index contributed by atoms with van der Waals surface area (Å²) in [4.78, 5) is 11.8. The van der Waals surface area contributed by atoms with Crippen LogP contribution in [0.5, 0.6) is 0 Å². The Balaban J connectivity index is 2.88. The number of hydrogen-bond donors (Lipinski definition) is 1. The fraction of sp³-hybridized carbons (Fsp3) is 0.182. The first kappa shape index (κ1) is 9.74. The molecule has 0 bridgehead atoms. The molecule has 0 radical (unpaired) electrons. The molecule has 0 amide bonds. The van der Waals surface area contributed by atoms with Crippen LogP contribution < -0.4 is 0 Å². The molecule has 0 saturated heterocycles. The molecule has 3 heteroatoms. The van der Waals surface area contributed by atoms with E-state index in [9.17, 15) is 4.79 Å². The van der Waals surface area contributed by atoms with E-state index in [4.69, 9.17) is 0 Å². The maximum Gasteiger partial charge on any atom is 0.150 e. The third-order valence-corrected chi connectivity index (χ3v) is 3.90. The smallest absolute Gasteiger partial charge is 0.150 e. The highest BCUT2D eigenvalue weighted by Crippen LogP contribution is 2.33. The molecule has 1 heterocycles. The zero-order valence-electron chi connectivity index (χ0n) is 7.78. The summed E-state index contributed by atoms with van der Waals surface area (Å²) in [6.07, 6.45) is 1.87. The van der Waals surface area contributed by atoms with Crippen LogP contribution in [0.15, 0.2) is 22.4 Å². The number of aryl methyl sites for hydroxylation is 1. The fourth-order valence-corrected chi connectivity index (χ4v) is 3.03. The van der Waals surface area contributed by atoms with Gasteiger partial charge in [0, 0.05) is 20.5 Å². The van der Waals surface area contributed by atoms with Gasteiger partial charge in [-0.15, -0.1) is 24.0 Å². The molecule has 14 heavy (non-hydrogen) atoms. The molecule has 1 aromatic heterocycles. The summed E-state index contributed by atoms with van der Waals surface area (Å²) < 4.78 is 1.12. The maximum atomic E-state index is 10.9. The number of aldehydes is 1. The van der Waals surface area contributed by atoms with Crippen LogP contribution in [0.3, 0.4) is 0 Å². The number of thiol groups is 1. The molecule has 0 aliphatic heterocycles. The zero-order valence-corrected chi connectivity index (χ0v) is 9.49. The van der Waals surface area contributed by atoms with Crippen molar-refractivity contribution in [2.75, 3.05) is 0 Å². The molecule has 0 spiro atoms. The monoisotopic (exact) mass is 222 g/mol. The first-order valence-corrected chi connectivity index (χ1v) is 5.77. The molecule has 0 atom stereocenters. The molecule has 2 aromatic rings. The summed E-state index contributed by atoms with van der Waals surface area (Å²) in [5, 5.41) is 3.19. The molecule has 0 fully saturated rings. The topological polar surface area (TPSA) is 17.1 Å². The molecule has 0 aliphatic carbocycles. The summed E-state index contributed by atoms with van der Waals surface area (Å²) in [7, 11) is 0. The number of carbonyl (C=O) groups is 1. The Morgan fingerprint density at radius 2 is 2.29 bits per heavy atom. The third kappa shape index (κ3) is 1.37. The van der Waals surface area contributed by atoms with Crippen molar-refractivity contribution in [1.29, 1.82) is 0 Å². The highest BCUT2D eigenvalue weighted by molar-refractivity contribution is 7.80. The van der Waals surface area contributed by atoms with Crippen LogP contribution in [0.1, 0.15) is 22.8 Å². The molecular formula is C11H10OS2. The molecule has 0 unspecified atom stereocenters. The van der Waals surface area contributed by atoms with Crippen molar-refractivity contribution in [2.24, 2.45) is 0 Å². The van der Waals surface area contributed by atoms with Crippen LogP contribution in [0.2, 0.25) is 0 Å². The van der Waals surface area contributed by atoms with E-state index in [1.807, 2.05) is 12.1 Å². The summed E-state index contributed by atoms with van der Waals surface area (Å²) in [5.41, 5.74) is 2.01. The van der Waals surface area contributed by atoms with E-state index >= 15 is 0 Å². The van der Waals surface area contributed by atoms with Gasteiger partial charge in [0.15, 0.2) is 6.29 Å². The largest absolute Gasteiger partial charge is 0.298 e. The van der Waals surface area contributed by atoms with Gasteiger partial charge in [-0.1, -0.05) is 6.92 Å². The van der Waals surface area contributed by atoms with Crippen molar-refractivity contribution >= 4 is 40.3 Å². The van der Waals surface area contributed by atoms with Gasteiger partial charge >= 0.3 is 0 Å². The summed E-state index contributed by atoms with van der Waals surface area (Å²) in [5.74, 6) is 0. The minimum Gasteiger partial charge on any atom is -0.298 e. The SMILES string of the molecule is CCc1csc2c(S)ccc(C=O)c12. The number of carbonyl (C=O) groups excluding carboxylic acids is 1. The van der Waals surface area contributed by atoms with Gasteiger partial charge in [-0.3, -0.25) is 4.79 Å². The standard InChI is InChI=1S/C11H10OS2/c1-2-7-6-14-11-9(13)4-3-8(5-12)10(7)11/h3-6,13H,2H2,1H3. The van der Waals surface area contributed by atoms with E-state index in [0.29, 0.717) is 0 Å². The predicted octanol–water partition coefficient (Wildman–Crippen LogP) is 3.56. The third-order valence-electron chi connectivity index (χ3n) is 2.32. The lowest BCUT2D eigenvalue weighted by Crippen LogP contribution is -1.85. The number of hydrogen-bond acceptors (Lipinski definition) is 3. The molecule has 0 N–H and O–H groups in total. The highest BCUT2D eigenvalue weighted by Gasteiger charge is 2.09. The van der Waals surface area contributed by atoms with Crippen LogP contribution in [0.4, 0.5) is 0 Å². The van der Waals surface area contributed by atoms with Gasteiger partial charge in [-0.2, -0.15) is 0 Å². The van der Waals surface area contributed by atoms with Crippen molar-refractivity contribution in [1.82, 2.24) is 0 Å². The lowest BCUT2D eigenvalue weighted by molar-refractivity contribution is 0.112. The van der Waals surface area contributed by atoms with Gasteiger partial charge in [0.2, 0.25) is 0 Å². The van der Waals surface area contributed by atoms with Crippen LogP contribution in [0, 0.1) is 0 Å². The van der Waals surface area contributed by atoms with E-state index in [2.05, 4.69) is 24.9 Å². The Bertz CT molecular complexity index is 485. The van der Waals surface area contributed by atoms with Crippen molar-refractivity contribution in [3.05, 3.63) is 28.6 Å². The average molecular weight is 222 g/mol. The van der Waals surface area contributed by atoms with Gasteiger partial charge in [0.25, 0.3) is 0 Å². The van der Waals surface area contributed by atoms with Crippen molar-refractivity contribution < 1.29 is 4.79 Å². The first-order chi connectivity index (χ1) is 6.77. The number of thiophene rings is 1. The van der Waals surface area contributed by atoms with Gasteiger partial charge in [-0.05, 0) is 29.5 Å². The van der Waals surface area contributed by atoms with Gasteiger partial charge < -0.3 is 0 Å². The second-order valence-corrected chi connectivity index (χ2v) is 4.47. The lowest BCUT2D eigenvalue weighted by atomic mass is 10.1. The number of fused-ring (bicyclic) bond motifs is 1. The minimum absolute atomic E-state index is 0.774. The Hall–Kier alpha value is -0.800. The summed E-state index contributed by atoms with van der Waals surface area (Å²) >= 11 is 6.04. The summed E-state index contributed by atoms with van der Waals surface area (Å²) in [6, 6.07) is 3.72. The lowest BCUT2D eigenvalue weighted by Gasteiger charge is -2.00. The Morgan fingerprint density at radius 1 is 1.50 bits per heavy atom. The molecule has 1 aromatic carbocycles. The van der Waals surface area contributed by atoms with Crippen LogP contribution in [0.25, 0.3) is 10.1 Å². The molecule has 0 aliphatic rings. The number of rotatable bonds is 2. The number of benzene rings is 1. The molecule has 0 saturated carbocycles. The Morgan fingerprint density at radius 3 is 2.93 bits per heavy atom. The Labute approximate surface area is 92.2 Å². The summed E-state index contributed by atoms with van der Waals surface area (Å²) in [6.45, 7) is 2.10. The molecule has 2 rings (SSSR count). The van der Waals surface area contributed by atoms with E-state index in [1.165, 1.54) is 5.56 Å². The van der Waals surface area contributed by atoms with Crippen LogP contribution in [-0.2, 0) is 6.42 Å². The predicted molar refractivity (Wildman–Crippen MR) is 63.8 cm³/mol. The quantitative estimate of drug-likeness (QED) is 0.607. The second-order valence-electron chi connectivity index (χ2n) is 3.11. The fourth-order valence-electron chi connectivity index (χ4n) is 1.58. The van der Waals surface area contributed by atoms with E-state index in [-0.39, 0.29) is 0 Å². The van der Waals surface area contributed by atoms with E-state index < -0.39 is 0 Å². The van der Waals surface area contributed by atoms with Gasteiger partial charge in [0.1, 0.15) is 0 Å². The van der Waals surface area contributed by atoms with Gasteiger partial charge in [0.05, 0.1) is 0 Å². The van der Waals surface area contributed by atoms with Crippen molar-refractivity contribution in [3.63, 3.8) is 0 Å². The molecule has 1 nitrogen and oxygen atoms in total. The van der Waals surface area contributed by atoms with Crippen molar-refractivity contribution in [3.8, 4) is 0 Å². The highest BCUT2D eigenvalue weighted by atomic mass is 32.1.